The Hall–Kier alpha value is -0.120. The van der Waals surface area contributed by atoms with Gasteiger partial charge >= 0.3 is 0 Å². The molecule has 1 N–H and O–H groups in total. The van der Waals surface area contributed by atoms with Gasteiger partial charge in [-0.1, -0.05) is 6.92 Å². The first-order chi connectivity index (χ1) is 5.86. The lowest BCUT2D eigenvalue weighted by atomic mass is 10.0. The van der Waals surface area contributed by atoms with Crippen LogP contribution in [0.15, 0.2) is 0 Å². The summed E-state index contributed by atoms with van der Waals surface area (Å²) in [5.41, 5.74) is 0. The van der Waals surface area contributed by atoms with Crippen LogP contribution in [0.4, 0.5) is 0 Å². The molecule has 0 atom stereocenters. The first kappa shape index (κ1) is 9.96. The van der Waals surface area contributed by atoms with Crippen molar-refractivity contribution >= 4 is 0 Å². The van der Waals surface area contributed by atoms with Crippen LogP contribution < -0.4 is 5.32 Å². The van der Waals surface area contributed by atoms with Gasteiger partial charge < -0.3 is 15.0 Å². The molecule has 1 rings (SSSR count). The van der Waals surface area contributed by atoms with Crippen LogP contribution in [-0.4, -0.2) is 51.3 Å². The molecular weight excluding hydrogens is 152 g/mol. The molecule has 12 heavy (non-hydrogen) atoms. The smallest absolute Gasteiger partial charge is 0.0589 e. The van der Waals surface area contributed by atoms with E-state index in [1.807, 2.05) is 0 Å². The minimum absolute atomic E-state index is 0.855. The van der Waals surface area contributed by atoms with E-state index in [0.29, 0.717) is 0 Å². The van der Waals surface area contributed by atoms with Crippen molar-refractivity contribution in [2.75, 3.05) is 46.4 Å². The zero-order valence-corrected chi connectivity index (χ0v) is 8.18. The van der Waals surface area contributed by atoms with Gasteiger partial charge in [-0.2, -0.15) is 0 Å². The monoisotopic (exact) mass is 172 g/mol. The second kappa shape index (κ2) is 5.51. The van der Waals surface area contributed by atoms with E-state index in [4.69, 9.17) is 4.74 Å². The van der Waals surface area contributed by atoms with Gasteiger partial charge in [-0.15, -0.1) is 0 Å². The number of hydrogen-bond donors (Lipinski definition) is 1. The fourth-order valence-corrected chi connectivity index (χ4v) is 1.44. The van der Waals surface area contributed by atoms with Gasteiger partial charge in [-0.05, 0) is 12.5 Å². The molecule has 1 fully saturated rings. The molecule has 0 saturated carbocycles. The SMILES string of the molecule is CCN(CCOC)CC1CNC1. The lowest BCUT2D eigenvalue weighted by molar-refractivity contribution is 0.130. The summed E-state index contributed by atoms with van der Waals surface area (Å²) in [4.78, 5) is 2.45. The van der Waals surface area contributed by atoms with Crippen LogP contribution in [-0.2, 0) is 4.74 Å². The highest BCUT2D eigenvalue weighted by Crippen LogP contribution is 2.05. The van der Waals surface area contributed by atoms with E-state index >= 15 is 0 Å². The van der Waals surface area contributed by atoms with E-state index in [1.165, 1.54) is 19.6 Å². The Balaban J connectivity index is 2.06. The van der Waals surface area contributed by atoms with E-state index in [9.17, 15) is 0 Å². The summed E-state index contributed by atoms with van der Waals surface area (Å²) in [6, 6.07) is 0. The zero-order chi connectivity index (χ0) is 8.81. The Labute approximate surface area is 75.1 Å². The van der Waals surface area contributed by atoms with Crippen molar-refractivity contribution in [2.24, 2.45) is 5.92 Å². The minimum atomic E-state index is 0.855. The van der Waals surface area contributed by atoms with Gasteiger partial charge in [0.1, 0.15) is 0 Å². The van der Waals surface area contributed by atoms with Gasteiger partial charge in [0.2, 0.25) is 0 Å². The highest BCUT2D eigenvalue weighted by molar-refractivity contribution is 4.77. The number of rotatable bonds is 6. The summed E-state index contributed by atoms with van der Waals surface area (Å²) in [6.45, 7) is 8.90. The fraction of sp³-hybridized carbons (Fsp3) is 1.00. The van der Waals surface area contributed by atoms with Crippen molar-refractivity contribution < 1.29 is 4.74 Å². The third-order valence-electron chi connectivity index (χ3n) is 2.44. The van der Waals surface area contributed by atoms with Crippen molar-refractivity contribution in [3.8, 4) is 0 Å². The first-order valence-electron chi connectivity index (χ1n) is 4.78. The van der Waals surface area contributed by atoms with Crippen molar-refractivity contribution in [2.45, 2.75) is 6.92 Å². The average Bonchev–Trinajstić information content (AvgIpc) is 2.02. The van der Waals surface area contributed by atoms with Gasteiger partial charge in [-0.3, -0.25) is 0 Å². The number of nitrogens with one attached hydrogen (secondary N) is 1. The van der Waals surface area contributed by atoms with Crippen LogP contribution in [0.1, 0.15) is 6.92 Å². The molecule has 3 heteroatoms. The highest BCUT2D eigenvalue weighted by atomic mass is 16.5. The molecule has 0 unspecified atom stereocenters. The molecule has 1 heterocycles. The topological polar surface area (TPSA) is 24.5 Å². The van der Waals surface area contributed by atoms with Crippen LogP contribution in [0, 0.1) is 5.92 Å². The molecule has 0 aromatic carbocycles. The van der Waals surface area contributed by atoms with Gasteiger partial charge in [0.05, 0.1) is 6.61 Å². The van der Waals surface area contributed by atoms with E-state index in [-0.39, 0.29) is 0 Å². The molecule has 0 radical (unpaired) electrons. The third kappa shape index (κ3) is 3.09. The Morgan fingerprint density at radius 1 is 1.50 bits per heavy atom. The molecule has 1 saturated heterocycles. The molecular formula is C9H20N2O. The van der Waals surface area contributed by atoms with Crippen molar-refractivity contribution in [1.82, 2.24) is 10.2 Å². The predicted octanol–water partition coefficient (Wildman–Crippen LogP) is 0.174. The quantitative estimate of drug-likeness (QED) is 0.618. The van der Waals surface area contributed by atoms with Crippen molar-refractivity contribution in [3.05, 3.63) is 0 Å². The molecule has 0 aromatic heterocycles. The predicted molar refractivity (Wildman–Crippen MR) is 50.3 cm³/mol. The second-order valence-electron chi connectivity index (χ2n) is 3.41. The Bertz CT molecular complexity index is 115. The third-order valence-corrected chi connectivity index (χ3v) is 2.44. The average molecular weight is 172 g/mol. The molecule has 0 aliphatic carbocycles. The number of likely N-dealkylation sites (N-methyl/N-ethyl adjacent to an activating group) is 1. The van der Waals surface area contributed by atoms with E-state index in [1.54, 1.807) is 7.11 Å². The Kier molecular flexibility index (Phi) is 4.58. The standard InChI is InChI=1S/C9H20N2O/c1-3-11(4-5-12-2)8-9-6-10-7-9/h9-10H,3-8H2,1-2H3. The molecule has 0 spiro atoms. The summed E-state index contributed by atoms with van der Waals surface area (Å²) in [5, 5.41) is 3.29. The Morgan fingerprint density at radius 2 is 2.25 bits per heavy atom. The summed E-state index contributed by atoms with van der Waals surface area (Å²) in [5.74, 6) is 0.877. The maximum absolute atomic E-state index is 5.05. The molecule has 0 amide bonds. The molecule has 72 valence electrons. The normalized spacial score (nSPS) is 18.2. The largest absolute Gasteiger partial charge is 0.383 e. The van der Waals surface area contributed by atoms with Crippen LogP contribution >= 0.6 is 0 Å². The van der Waals surface area contributed by atoms with Crippen LogP contribution in [0.25, 0.3) is 0 Å². The molecule has 1 aliphatic rings. The van der Waals surface area contributed by atoms with Gasteiger partial charge in [0.15, 0.2) is 0 Å². The van der Waals surface area contributed by atoms with Gasteiger partial charge in [0, 0.05) is 33.3 Å². The zero-order valence-electron chi connectivity index (χ0n) is 8.18. The fourth-order valence-electron chi connectivity index (χ4n) is 1.44. The number of hydrogen-bond acceptors (Lipinski definition) is 3. The minimum Gasteiger partial charge on any atom is -0.383 e. The van der Waals surface area contributed by atoms with E-state index in [0.717, 1.165) is 25.6 Å². The molecule has 0 aromatic rings. The number of methoxy groups -OCH3 is 1. The summed E-state index contributed by atoms with van der Waals surface area (Å²) in [7, 11) is 1.76. The van der Waals surface area contributed by atoms with Gasteiger partial charge in [0.25, 0.3) is 0 Å². The summed E-state index contributed by atoms with van der Waals surface area (Å²) < 4.78 is 5.05. The first-order valence-corrected chi connectivity index (χ1v) is 4.78. The maximum atomic E-state index is 5.05. The number of nitrogens with zero attached hydrogens (tertiary/aromatic N) is 1. The van der Waals surface area contributed by atoms with E-state index in [2.05, 4.69) is 17.1 Å². The summed E-state index contributed by atoms with van der Waals surface area (Å²) >= 11 is 0. The van der Waals surface area contributed by atoms with E-state index < -0.39 is 0 Å². The molecule has 1 aliphatic heterocycles. The lowest BCUT2D eigenvalue weighted by Crippen LogP contribution is -2.48. The number of ether oxygens (including phenoxy) is 1. The van der Waals surface area contributed by atoms with Gasteiger partial charge in [-0.25, -0.2) is 0 Å². The second-order valence-corrected chi connectivity index (χ2v) is 3.41. The summed E-state index contributed by atoms with van der Waals surface area (Å²) in [6.07, 6.45) is 0. The molecule has 0 bridgehead atoms. The van der Waals surface area contributed by atoms with Crippen LogP contribution in [0.3, 0.4) is 0 Å². The van der Waals surface area contributed by atoms with Crippen LogP contribution in [0.5, 0.6) is 0 Å². The Morgan fingerprint density at radius 3 is 2.67 bits per heavy atom. The highest BCUT2D eigenvalue weighted by Gasteiger charge is 2.18. The van der Waals surface area contributed by atoms with Crippen molar-refractivity contribution in [3.63, 3.8) is 0 Å². The van der Waals surface area contributed by atoms with Crippen molar-refractivity contribution in [1.29, 1.82) is 0 Å². The molecule has 3 nitrogen and oxygen atoms in total. The lowest BCUT2D eigenvalue weighted by Gasteiger charge is -2.32. The maximum Gasteiger partial charge on any atom is 0.0589 e. The van der Waals surface area contributed by atoms with Crippen LogP contribution in [0.2, 0.25) is 0 Å².